The van der Waals surface area contributed by atoms with Crippen LogP contribution in [-0.2, 0) is 14.4 Å². The molecular formula is C22H25FN2O4. The predicted molar refractivity (Wildman–Crippen MR) is 108 cm³/mol. The lowest BCUT2D eigenvalue weighted by molar-refractivity contribution is -0.138. The van der Waals surface area contributed by atoms with Gasteiger partial charge in [0.15, 0.2) is 0 Å². The third-order valence-corrected chi connectivity index (χ3v) is 4.05. The van der Waals surface area contributed by atoms with Crippen LogP contribution in [0.5, 0.6) is 0 Å². The van der Waals surface area contributed by atoms with Crippen molar-refractivity contribution in [1.29, 1.82) is 0 Å². The third kappa shape index (κ3) is 6.41. The van der Waals surface area contributed by atoms with E-state index in [0.29, 0.717) is 11.3 Å². The van der Waals surface area contributed by atoms with E-state index in [0.717, 1.165) is 0 Å². The number of anilines is 1. The zero-order valence-electron chi connectivity index (χ0n) is 16.7. The fraction of sp³-hybridized carbons (Fsp3) is 0.318. The van der Waals surface area contributed by atoms with Crippen molar-refractivity contribution >= 4 is 23.5 Å². The standard InChI is InChI=1S/C22H25FN2O4/c1-22(2,3)24-21(29)20(15-7-5-4-6-8-15)25(18(26)13-14-19(27)28)17-11-9-16(23)10-12-17/h4-12,20H,13-14H2,1-3H3,(H,24,29)(H,27,28). The normalized spacial score (nSPS) is 12.1. The molecule has 2 aromatic carbocycles. The number of rotatable bonds is 7. The van der Waals surface area contributed by atoms with Gasteiger partial charge in [-0.15, -0.1) is 0 Å². The molecule has 0 saturated carbocycles. The number of carbonyl (C=O) groups is 3. The minimum Gasteiger partial charge on any atom is -0.481 e. The first-order valence-corrected chi connectivity index (χ1v) is 9.25. The van der Waals surface area contributed by atoms with E-state index < -0.39 is 35.2 Å². The fourth-order valence-corrected chi connectivity index (χ4v) is 2.86. The molecular weight excluding hydrogens is 375 g/mol. The Morgan fingerprint density at radius 2 is 1.59 bits per heavy atom. The Labute approximate surface area is 169 Å². The van der Waals surface area contributed by atoms with Crippen molar-refractivity contribution < 1.29 is 23.9 Å². The van der Waals surface area contributed by atoms with Gasteiger partial charge in [-0.1, -0.05) is 30.3 Å². The van der Waals surface area contributed by atoms with Crippen LogP contribution in [-0.4, -0.2) is 28.4 Å². The Hall–Kier alpha value is -3.22. The van der Waals surface area contributed by atoms with Crippen LogP contribution in [0.1, 0.15) is 45.2 Å². The van der Waals surface area contributed by atoms with Gasteiger partial charge in [-0.25, -0.2) is 4.39 Å². The van der Waals surface area contributed by atoms with Crippen LogP contribution in [0.4, 0.5) is 10.1 Å². The number of hydrogen-bond donors (Lipinski definition) is 2. The molecule has 0 bridgehead atoms. The Balaban J connectivity index is 2.55. The largest absolute Gasteiger partial charge is 0.481 e. The Kier molecular flexibility index (Phi) is 7.09. The molecule has 2 amide bonds. The quantitative estimate of drug-likeness (QED) is 0.742. The molecule has 154 valence electrons. The van der Waals surface area contributed by atoms with Crippen molar-refractivity contribution in [1.82, 2.24) is 5.32 Å². The molecule has 0 spiro atoms. The van der Waals surface area contributed by atoms with E-state index in [9.17, 15) is 18.8 Å². The van der Waals surface area contributed by atoms with Gasteiger partial charge in [-0.2, -0.15) is 0 Å². The predicted octanol–water partition coefficient (Wildman–Crippen LogP) is 3.68. The minimum atomic E-state index is -1.12. The van der Waals surface area contributed by atoms with Gasteiger partial charge >= 0.3 is 5.97 Å². The van der Waals surface area contributed by atoms with E-state index in [1.54, 1.807) is 30.3 Å². The van der Waals surface area contributed by atoms with Crippen LogP contribution in [0.2, 0.25) is 0 Å². The molecule has 1 unspecified atom stereocenters. The van der Waals surface area contributed by atoms with E-state index in [1.165, 1.54) is 29.2 Å². The molecule has 2 aromatic rings. The van der Waals surface area contributed by atoms with E-state index >= 15 is 0 Å². The fourth-order valence-electron chi connectivity index (χ4n) is 2.86. The maximum Gasteiger partial charge on any atom is 0.303 e. The zero-order chi connectivity index (χ0) is 21.6. The van der Waals surface area contributed by atoms with Gasteiger partial charge in [0.25, 0.3) is 0 Å². The molecule has 0 aliphatic carbocycles. The highest BCUT2D eigenvalue weighted by atomic mass is 19.1. The van der Waals surface area contributed by atoms with Crippen LogP contribution in [0.3, 0.4) is 0 Å². The highest BCUT2D eigenvalue weighted by Gasteiger charge is 2.34. The molecule has 0 aliphatic heterocycles. The molecule has 1 atom stereocenters. The Bertz CT molecular complexity index is 861. The van der Waals surface area contributed by atoms with E-state index in [-0.39, 0.29) is 12.8 Å². The topological polar surface area (TPSA) is 86.7 Å². The molecule has 7 heteroatoms. The molecule has 29 heavy (non-hydrogen) atoms. The lowest BCUT2D eigenvalue weighted by Gasteiger charge is -2.33. The van der Waals surface area contributed by atoms with Crippen LogP contribution in [0, 0.1) is 5.82 Å². The van der Waals surface area contributed by atoms with Crippen molar-refractivity contribution in [2.45, 2.75) is 45.2 Å². The second-order valence-corrected chi connectivity index (χ2v) is 7.69. The summed E-state index contributed by atoms with van der Waals surface area (Å²) in [5.74, 6) is -2.57. The van der Waals surface area contributed by atoms with Crippen LogP contribution in [0.25, 0.3) is 0 Å². The van der Waals surface area contributed by atoms with Gasteiger partial charge in [-0.3, -0.25) is 19.3 Å². The molecule has 0 heterocycles. The second-order valence-electron chi connectivity index (χ2n) is 7.69. The number of benzene rings is 2. The number of nitrogens with zero attached hydrogens (tertiary/aromatic N) is 1. The number of hydrogen-bond acceptors (Lipinski definition) is 3. The van der Waals surface area contributed by atoms with Gasteiger partial charge in [0.05, 0.1) is 6.42 Å². The molecule has 0 aliphatic rings. The lowest BCUT2D eigenvalue weighted by Crippen LogP contribution is -2.49. The zero-order valence-corrected chi connectivity index (χ0v) is 16.7. The van der Waals surface area contributed by atoms with E-state index in [2.05, 4.69) is 5.32 Å². The first-order chi connectivity index (χ1) is 13.6. The molecule has 0 aromatic heterocycles. The van der Waals surface area contributed by atoms with Crippen LogP contribution >= 0.6 is 0 Å². The summed E-state index contributed by atoms with van der Waals surface area (Å²) in [6.07, 6.45) is -0.669. The SMILES string of the molecule is CC(C)(C)NC(=O)C(c1ccccc1)N(C(=O)CCC(=O)O)c1ccc(F)cc1. The van der Waals surface area contributed by atoms with Crippen molar-refractivity contribution in [2.75, 3.05) is 4.90 Å². The molecule has 2 N–H and O–H groups in total. The number of carbonyl (C=O) groups excluding carboxylic acids is 2. The van der Waals surface area contributed by atoms with Crippen molar-refractivity contribution in [3.63, 3.8) is 0 Å². The summed E-state index contributed by atoms with van der Waals surface area (Å²) in [6.45, 7) is 5.46. The summed E-state index contributed by atoms with van der Waals surface area (Å²) in [7, 11) is 0. The van der Waals surface area contributed by atoms with E-state index in [4.69, 9.17) is 5.11 Å². The smallest absolute Gasteiger partial charge is 0.303 e. The summed E-state index contributed by atoms with van der Waals surface area (Å²) in [5, 5.41) is 11.8. The maximum absolute atomic E-state index is 13.4. The first kappa shape index (κ1) is 22.1. The number of nitrogens with one attached hydrogen (secondary N) is 1. The molecule has 0 fully saturated rings. The highest BCUT2D eigenvalue weighted by Crippen LogP contribution is 2.29. The Morgan fingerprint density at radius 3 is 2.10 bits per heavy atom. The number of carboxylic acids is 1. The number of carboxylic acid groups (broad SMARTS) is 1. The minimum absolute atomic E-state index is 0.293. The molecule has 6 nitrogen and oxygen atoms in total. The first-order valence-electron chi connectivity index (χ1n) is 9.25. The molecule has 0 saturated heterocycles. The lowest BCUT2D eigenvalue weighted by atomic mass is 10.0. The van der Waals surface area contributed by atoms with Crippen LogP contribution in [0.15, 0.2) is 54.6 Å². The summed E-state index contributed by atoms with van der Waals surface area (Å²) in [5.41, 5.74) is 0.310. The summed E-state index contributed by atoms with van der Waals surface area (Å²) in [4.78, 5) is 38.4. The van der Waals surface area contributed by atoms with Gasteiger partial charge in [0.2, 0.25) is 11.8 Å². The maximum atomic E-state index is 13.4. The van der Waals surface area contributed by atoms with Crippen LogP contribution < -0.4 is 10.2 Å². The van der Waals surface area contributed by atoms with E-state index in [1.807, 2.05) is 20.8 Å². The second kappa shape index (κ2) is 9.32. The highest BCUT2D eigenvalue weighted by molar-refractivity contribution is 6.02. The molecule has 0 radical (unpaired) electrons. The van der Waals surface area contributed by atoms with Crippen molar-refractivity contribution in [3.05, 3.63) is 66.0 Å². The summed E-state index contributed by atoms with van der Waals surface area (Å²) in [6, 6.07) is 12.9. The number of amides is 2. The summed E-state index contributed by atoms with van der Waals surface area (Å²) >= 11 is 0. The van der Waals surface area contributed by atoms with Gasteiger partial charge in [-0.05, 0) is 50.6 Å². The number of aliphatic carboxylic acids is 1. The third-order valence-electron chi connectivity index (χ3n) is 4.05. The van der Waals surface area contributed by atoms with Gasteiger partial charge < -0.3 is 10.4 Å². The summed E-state index contributed by atoms with van der Waals surface area (Å²) < 4.78 is 13.4. The number of halogens is 1. The van der Waals surface area contributed by atoms with Crippen molar-refractivity contribution in [3.8, 4) is 0 Å². The van der Waals surface area contributed by atoms with Crippen molar-refractivity contribution in [2.24, 2.45) is 0 Å². The van der Waals surface area contributed by atoms with Gasteiger partial charge in [0.1, 0.15) is 11.9 Å². The Morgan fingerprint density at radius 1 is 1.00 bits per heavy atom. The average Bonchev–Trinajstić information content (AvgIpc) is 2.64. The molecule has 2 rings (SSSR count). The monoisotopic (exact) mass is 400 g/mol. The van der Waals surface area contributed by atoms with Gasteiger partial charge in [0, 0.05) is 17.6 Å². The average molecular weight is 400 g/mol.